The molecule has 0 aliphatic rings. The second kappa shape index (κ2) is 5.48. The van der Waals surface area contributed by atoms with Gasteiger partial charge in [-0.1, -0.05) is 25.9 Å². The van der Waals surface area contributed by atoms with E-state index in [0.29, 0.717) is 18.3 Å². The van der Waals surface area contributed by atoms with Gasteiger partial charge in [0.15, 0.2) is 5.82 Å². The topological polar surface area (TPSA) is 79.5 Å². The van der Waals surface area contributed by atoms with Gasteiger partial charge in [0, 0.05) is 11.5 Å². The minimum Gasteiger partial charge on any atom is -0.480 e. The van der Waals surface area contributed by atoms with Crippen LogP contribution in [0.5, 0.6) is 0 Å². The zero-order valence-corrected chi connectivity index (χ0v) is 11.6. The molecular formula is C12H21N3O3. The Bertz CT molecular complexity index is 407. The predicted octanol–water partition coefficient (Wildman–Crippen LogP) is 1.66. The Morgan fingerprint density at radius 3 is 2.44 bits per heavy atom. The van der Waals surface area contributed by atoms with E-state index >= 15 is 0 Å². The Hall–Kier alpha value is -1.43. The van der Waals surface area contributed by atoms with Crippen molar-refractivity contribution >= 4 is 5.97 Å². The number of hydrogen-bond donors (Lipinski definition) is 1. The number of rotatable bonds is 5. The summed E-state index contributed by atoms with van der Waals surface area (Å²) < 4.78 is 5.18. The molecule has 0 bridgehead atoms. The lowest BCUT2D eigenvalue weighted by Crippen LogP contribution is -2.35. The molecule has 18 heavy (non-hydrogen) atoms. The number of aromatic nitrogens is 2. The molecular weight excluding hydrogens is 234 g/mol. The van der Waals surface area contributed by atoms with E-state index in [1.807, 2.05) is 34.6 Å². The molecule has 0 radical (unpaired) electrons. The number of carboxylic acid groups (broad SMARTS) is 1. The van der Waals surface area contributed by atoms with Crippen molar-refractivity contribution in [3.63, 3.8) is 0 Å². The fourth-order valence-electron chi connectivity index (χ4n) is 1.40. The first-order chi connectivity index (χ1) is 8.20. The molecule has 0 saturated carbocycles. The van der Waals surface area contributed by atoms with E-state index in [9.17, 15) is 4.79 Å². The standard InChI is InChI=1S/C12H21N3O3/c1-8(2)15(7-10(16)17)6-9-13-11(18-14-9)12(3,4)5/h8H,6-7H2,1-5H3,(H,16,17). The quantitative estimate of drug-likeness (QED) is 0.862. The van der Waals surface area contributed by atoms with E-state index in [1.165, 1.54) is 0 Å². The van der Waals surface area contributed by atoms with Gasteiger partial charge < -0.3 is 9.63 Å². The van der Waals surface area contributed by atoms with Crippen LogP contribution in [0.15, 0.2) is 4.52 Å². The van der Waals surface area contributed by atoms with Crippen LogP contribution in [0.2, 0.25) is 0 Å². The van der Waals surface area contributed by atoms with Gasteiger partial charge in [-0.2, -0.15) is 4.98 Å². The molecule has 6 heteroatoms. The van der Waals surface area contributed by atoms with Gasteiger partial charge in [-0.05, 0) is 13.8 Å². The Morgan fingerprint density at radius 1 is 1.44 bits per heavy atom. The first-order valence-corrected chi connectivity index (χ1v) is 5.99. The van der Waals surface area contributed by atoms with Gasteiger partial charge in [0.25, 0.3) is 0 Å². The third-order valence-corrected chi connectivity index (χ3v) is 2.52. The van der Waals surface area contributed by atoms with Crippen LogP contribution in [0.3, 0.4) is 0 Å². The molecule has 0 amide bonds. The maximum Gasteiger partial charge on any atom is 0.317 e. The summed E-state index contributed by atoms with van der Waals surface area (Å²) >= 11 is 0. The van der Waals surface area contributed by atoms with Crippen LogP contribution < -0.4 is 0 Å². The van der Waals surface area contributed by atoms with Crippen molar-refractivity contribution in [2.45, 2.75) is 52.6 Å². The first-order valence-electron chi connectivity index (χ1n) is 5.99. The number of hydrogen-bond acceptors (Lipinski definition) is 5. The molecule has 0 aliphatic carbocycles. The van der Waals surface area contributed by atoms with Gasteiger partial charge in [0.1, 0.15) is 0 Å². The fraction of sp³-hybridized carbons (Fsp3) is 0.750. The summed E-state index contributed by atoms with van der Waals surface area (Å²) in [6.07, 6.45) is 0. The molecule has 1 heterocycles. The monoisotopic (exact) mass is 255 g/mol. The Labute approximate surface area is 107 Å². The highest BCUT2D eigenvalue weighted by Crippen LogP contribution is 2.20. The van der Waals surface area contributed by atoms with Crippen molar-refractivity contribution in [1.29, 1.82) is 0 Å². The maximum absolute atomic E-state index is 10.8. The van der Waals surface area contributed by atoms with Gasteiger partial charge in [-0.15, -0.1) is 0 Å². The Morgan fingerprint density at radius 2 is 2.06 bits per heavy atom. The number of carbonyl (C=O) groups is 1. The van der Waals surface area contributed by atoms with Gasteiger partial charge in [-0.3, -0.25) is 9.69 Å². The maximum atomic E-state index is 10.8. The van der Waals surface area contributed by atoms with Gasteiger partial charge in [0.2, 0.25) is 5.89 Å². The van der Waals surface area contributed by atoms with Crippen molar-refractivity contribution < 1.29 is 14.4 Å². The molecule has 0 saturated heterocycles. The summed E-state index contributed by atoms with van der Waals surface area (Å²) in [6, 6.07) is 0.109. The average Bonchev–Trinajstić information content (AvgIpc) is 2.63. The minimum absolute atomic E-state index is 0.0307. The molecule has 1 aromatic rings. The van der Waals surface area contributed by atoms with Crippen molar-refractivity contribution in [3.8, 4) is 0 Å². The number of carboxylic acids is 1. The first kappa shape index (κ1) is 14.6. The predicted molar refractivity (Wildman–Crippen MR) is 66.2 cm³/mol. The van der Waals surface area contributed by atoms with Crippen molar-refractivity contribution in [1.82, 2.24) is 15.0 Å². The zero-order chi connectivity index (χ0) is 13.9. The van der Waals surface area contributed by atoms with E-state index in [2.05, 4.69) is 10.1 Å². The second-order valence-corrected chi connectivity index (χ2v) is 5.66. The minimum atomic E-state index is -0.858. The third kappa shape index (κ3) is 4.10. The van der Waals surface area contributed by atoms with Gasteiger partial charge in [0.05, 0.1) is 13.1 Å². The molecule has 0 unspecified atom stereocenters. The molecule has 0 spiro atoms. The molecule has 0 fully saturated rings. The van der Waals surface area contributed by atoms with Crippen LogP contribution in [0.4, 0.5) is 0 Å². The average molecular weight is 255 g/mol. The Balaban J connectivity index is 2.76. The second-order valence-electron chi connectivity index (χ2n) is 5.66. The van der Waals surface area contributed by atoms with Crippen molar-refractivity contribution in [2.75, 3.05) is 6.54 Å². The highest BCUT2D eigenvalue weighted by atomic mass is 16.5. The normalized spacial score (nSPS) is 12.4. The summed E-state index contributed by atoms with van der Waals surface area (Å²) in [4.78, 5) is 16.8. The summed E-state index contributed by atoms with van der Waals surface area (Å²) in [7, 11) is 0. The largest absolute Gasteiger partial charge is 0.480 e. The summed E-state index contributed by atoms with van der Waals surface area (Å²) in [6.45, 7) is 10.2. The Kier molecular flexibility index (Phi) is 4.45. The molecule has 1 rings (SSSR count). The van der Waals surface area contributed by atoms with E-state index in [0.717, 1.165) is 0 Å². The van der Waals surface area contributed by atoms with E-state index in [-0.39, 0.29) is 18.0 Å². The number of aliphatic carboxylic acids is 1. The zero-order valence-electron chi connectivity index (χ0n) is 11.6. The molecule has 102 valence electrons. The van der Waals surface area contributed by atoms with Crippen LogP contribution in [-0.4, -0.2) is 38.7 Å². The van der Waals surface area contributed by atoms with E-state index in [4.69, 9.17) is 9.63 Å². The summed E-state index contributed by atoms with van der Waals surface area (Å²) in [5, 5.41) is 12.7. The van der Waals surface area contributed by atoms with Crippen LogP contribution in [0, 0.1) is 0 Å². The van der Waals surface area contributed by atoms with E-state index < -0.39 is 5.97 Å². The van der Waals surface area contributed by atoms with Crippen LogP contribution in [-0.2, 0) is 16.8 Å². The lowest BCUT2D eigenvalue weighted by molar-refractivity contribution is -0.139. The molecule has 1 N–H and O–H groups in total. The highest BCUT2D eigenvalue weighted by molar-refractivity contribution is 5.69. The SMILES string of the molecule is CC(C)N(CC(=O)O)Cc1noc(C(C)(C)C)n1. The van der Waals surface area contributed by atoms with Gasteiger partial charge >= 0.3 is 5.97 Å². The van der Waals surface area contributed by atoms with Crippen LogP contribution >= 0.6 is 0 Å². The van der Waals surface area contributed by atoms with Gasteiger partial charge in [-0.25, -0.2) is 0 Å². The molecule has 1 aromatic heterocycles. The highest BCUT2D eigenvalue weighted by Gasteiger charge is 2.23. The van der Waals surface area contributed by atoms with Crippen LogP contribution in [0.1, 0.15) is 46.3 Å². The molecule has 0 aliphatic heterocycles. The van der Waals surface area contributed by atoms with E-state index in [1.54, 1.807) is 4.90 Å². The lowest BCUT2D eigenvalue weighted by atomic mass is 9.97. The lowest BCUT2D eigenvalue weighted by Gasteiger charge is -2.22. The smallest absolute Gasteiger partial charge is 0.317 e. The van der Waals surface area contributed by atoms with Crippen LogP contribution in [0.25, 0.3) is 0 Å². The molecule has 6 nitrogen and oxygen atoms in total. The summed E-state index contributed by atoms with van der Waals surface area (Å²) in [5.74, 6) is 0.231. The van der Waals surface area contributed by atoms with Crippen molar-refractivity contribution in [2.24, 2.45) is 0 Å². The molecule has 0 atom stereocenters. The third-order valence-electron chi connectivity index (χ3n) is 2.52. The number of nitrogens with zero attached hydrogens (tertiary/aromatic N) is 3. The fourth-order valence-corrected chi connectivity index (χ4v) is 1.40. The van der Waals surface area contributed by atoms with Crippen molar-refractivity contribution in [3.05, 3.63) is 11.7 Å². The molecule has 0 aromatic carbocycles. The summed E-state index contributed by atoms with van der Waals surface area (Å²) in [5.41, 5.74) is -0.194.